The van der Waals surface area contributed by atoms with Crippen LogP contribution in [0.5, 0.6) is 0 Å². The average molecular weight is 751 g/mol. The number of hydrogen-bond acceptors (Lipinski definition) is 11. The fourth-order valence-electron chi connectivity index (χ4n) is 5.51. The number of esters is 1. The second-order valence-corrected chi connectivity index (χ2v) is 12.8. The lowest BCUT2D eigenvalue weighted by atomic mass is 9.93. The Labute approximate surface area is 314 Å². The molecule has 0 aliphatic carbocycles. The van der Waals surface area contributed by atoms with Crippen LogP contribution in [0.1, 0.15) is 61.4 Å². The molecule has 292 valence electrons. The minimum Gasteiger partial charge on any atom is -0.465 e. The van der Waals surface area contributed by atoms with Crippen LogP contribution in [0.2, 0.25) is 0 Å². The van der Waals surface area contributed by atoms with Gasteiger partial charge in [-0.25, -0.2) is 9.59 Å². The Kier molecular flexibility index (Phi) is 17.5. The number of ether oxygens (including phenoxy) is 2. The number of aliphatic hydroxyl groups excluding tert-OH is 3. The number of carbonyl (C=O) groups is 5. The van der Waals surface area contributed by atoms with Gasteiger partial charge in [-0.15, -0.1) is 0 Å². The van der Waals surface area contributed by atoms with Gasteiger partial charge < -0.3 is 51.2 Å². The highest BCUT2D eigenvalue weighted by Crippen LogP contribution is 2.20. The lowest BCUT2D eigenvalue weighted by molar-refractivity contribution is -0.173. The van der Waals surface area contributed by atoms with Crippen molar-refractivity contribution in [3.63, 3.8) is 0 Å². The summed E-state index contributed by atoms with van der Waals surface area (Å²) in [4.78, 5) is 61.9. The molecule has 5 atom stereocenters. The molecule has 4 amide bonds. The molecule has 54 heavy (non-hydrogen) atoms. The summed E-state index contributed by atoms with van der Waals surface area (Å²) in [6.45, 7) is 1.20. The van der Waals surface area contributed by atoms with Gasteiger partial charge in [0.25, 0.3) is 5.91 Å². The largest absolute Gasteiger partial charge is 0.465 e. The summed E-state index contributed by atoms with van der Waals surface area (Å²) in [5.74, 6) is -3.15. The molecule has 0 saturated carbocycles. The van der Waals surface area contributed by atoms with Gasteiger partial charge in [-0.1, -0.05) is 79.2 Å². The van der Waals surface area contributed by atoms with E-state index < -0.39 is 72.7 Å². The van der Waals surface area contributed by atoms with Gasteiger partial charge in [0, 0.05) is 38.4 Å². The second kappa shape index (κ2) is 22.0. The van der Waals surface area contributed by atoms with Crippen LogP contribution in [0.15, 0.2) is 84.9 Å². The van der Waals surface area contributed by atoms with Crippen molar-refractivity contribution in [2.24, 2.45) is 0 Å². The molecule has 0 aromatic heterocycles. The van der Waals surface area contributed by atoms with E-state index in [4.69, 9.17) is 4.74 Å². The summed E-state index contributed by atoms with van der Waals surface area (Å²) < 4.78 is 9.80. The van der Waals surface area contributed by atoms with Crippen LogP contribution in [0.25, 0.3) is 11.1 Å². The quantitative estimate of drug-likeness (QED) is 0.0445. The Balaban J connectivity index is 1.46. The lowest BCUT2D eigenvalue weighted by Gasteiger charge is -2.33. The molecule has 15 nitrogen and oxygen atoms in total. The fourth-order valence-corrected chi connectivity index (χ4v) is 5.51. The highest BCUT2D eigenvalue weighted by molar-refractivity contribution is 5.94. The number of hydrogen-bond donors (Lipinski definition) is 8. The van der Waals surface area contributed by atoms with Crippen molar-refractivity contribution >= 4 is 29.8 Å². The maximum Gasteiger partial charge on any atom is 0.407 e. The first-order valence-electron chi connectivity index (χ1n) is 17.6. The third-order valence-corrected chi connectivity index (χ3v) is 8.46. The number of amides is 4. The topological polar surface area (TPSA) is 233 Å². The molecule has 0 fully saturated rings. The molecule has 8 N–H and O–H groups in total. The molecule has 0 aliphatic heterocycles. The SMILES string of the molecule is COC(=O)C(O)(CC(O)C(C[C@@H](O)[C@H](O)CNC(=O)c1ccc(-c2ccccc2)cc1)NC(C)=O)NC(=O)CCCCCNC(=O)OCc1ccccc1. The average Bonchev–Trinajstić information content (AvgIpc) is 3.17. The van der Waals surface area contributed by atoms with Crippen LogP contribution in [-0.4, -0.2) is 100 Å². The van der Waals surface area contributed by atoms with Crippen molar-refractivity contribution in [2.75, 3.05) is 20.2 Å². The Morgan fingerprint density at radius 1 is 0.759 bits per heavy atom. The highest BCUT2D eigenvalue weighted by atomic mass is 16.6. The summed E-state index contributed by atoms with van der Waals surface area (Å²) in [6.07, 6.45) is -5.47. The Hall–Kier alpha value is -5.35. The molecule has 0 heterocycles. The van der Waals surface area contributed by atoms with E-state index >= 15 is 0 Å². The van der Waals surface area contributed by atoms with Gasteiger partial charge in [-0.2, -0.15) is 0 Å². The van der Waals surface area contributed by atoms with Crippen LogP contribution in [0, 0.1) is 0 Å². The van der Waals surface area contributed by atoms with E-state index in [9.17, 15) is 44.4 Å². The van der Waals surface area contributed by atoms with E-state index in [-0.39, 0.29) is 19.6 Å². The Morgan fingerprint density at radius 2 is 1.39 bits per heavy atom. The lowest BCUT2D eigenvalue weighted by Crippen LogP contribution is -2.59. The molecule has 3 rings (SSSR count). The van der Waals surface area contributed by atoms with Crippen molar-refractivity contribution < 1.29 is 53.9 Å². The van der Waals surface area contributed by atoms with Gasteiger partial charge in [0.1, 0.15) is 6.61 Å². The predicted molar refractivity (Wildman–Crippen MR) is 197 cm³/mol. The first-order valence-corrected chi connectivity index (χ1v) is 17.6. The molecule has 0 radical (unpaired) electrons. The molecule has 0 aliphatic rings. The number of methoxy groups -OCH3 is 1. The van der Waals surface area contributed by atoms with Crippen molar-refractivity contribution in [1.82, 2.24) is 21.3 Å². The molecular formula is C39H50N4O11. The summed E-state index contributed by atoms with van der Waals surface area (Å²) in [5, 5.41) is 53.3. The first-order chi connectivity index (χ1) is 25.8. The van der Waals surface area contributed by atoms with E-state index in [0.717, 1.165) is 30.7 Å². The number of rotatable bonds is 21. The van der Waals surface area contributed by atoms with Gasteiger partial charge in [-0.05, 0) is 48.1 Å². The van der Waals surface area contributed by atoms with Crippen molar-refractivity contribution in [1.29, 1.82) is 0 Å². The molecule has 3 aromatic rings. The number of carbonyl (C=O) groups excluding carboxylic acids is 5. The van der Waals surface area contributed by atoms with Gasteiger partial charge in [0.2, 0.25) is 17.5 Å². The van der Waals surface area contributed by atoms with E-state index in [1.54, 1.807) is 24.3 Å². The van der Waals surface area contributed by atoms with E-state index in [2.05, 4.69) is 26.0 Å². The molecule has 3 aromatic carbocycles. The third kappa shape index (κ3) is 14.6. The predicted octanol–water partition coefficient (Wildman–Crippen LogP) is 1.92. The normalized spacial score (nSPS) is 14.3. The smallest absolute Gasteiger partial charge is 0.407 e. The maximum absolute atomic E-state index is 12.7. The van der Waals surface area contributed by atoms with E-state index in [0.29, 0.717) is 31.4 Å². The van der Waals surface area contributed by atoms with Crippen LogP contribution < -0.4 is 21.3 Å². The Bertz CT molecular complexity index is 1640. The summed E-state index contributed by atoms with van der Waals surface area (Å²) in [5.41, 5.74) is 0.341. The minimum atomic E-state index is -2.71. The summed E-state index contributed by atoms with van der Waals surface area (Å²) in [6, 6.07) is 24.3. The molecule has 0 bridgehead atoms. The van der Waals surface area contributed by atoms with Crippen molar-refractivity contribution in [3.8, 4) is 11.1 Å². The minimum absolute atomic E-state index is 0.114. The van der Waals surface area contributed by atoms with Gasteiger partial charge >= 0.3 is 12.1 Å². The zero-order chi connectivity index (χ0) is 39.5. The third-order valence-electron chi connectivity index (χ3n) is 8.46. The monoisotopic (exact) mass is 750 g/mol. The van der Waals surface area contributed by atoms with Crippen LogP contribution in [0.3, 0.4) is 0 Å². The van der Waals surface area contributed by atoms with Crippen LogP contribution >= 0.6 is 0 Å². The zero-order valence-corrected chi connectivity index (χ0v) is 30.4. The van der Waals surface area contributed by atoms with Crippen molar-refractivity contribution in [2.45, 2.75) is 82.1 Å². The number of alkyl carbamates (subject to hydrolysis) is 1. The zero-order valence-electron chi connectivity index (χ0n) is 30.4. The number of benzene rings is 3. The van der Waals surface area contributed by atoms with E-state index in [1.807, 2.05) is 60.7 Å². The first kappa shape index (κ1) is 43.1. The number of unbranched alkanes of at least 4 members (excludes halogenated alkanes) is 2. The standard InChI is InChI=1S/C39H50N4O11/c1-26(44)42-31(22-32(45)34(47)24-41-36(49)30-19-17-29(18-20-30)28-14-8-4-9-15-28)33(46)23-39(52,37(50)53-2)43-35(48)16-10-5-11-21-40-38(51)54-25-27-12-6-3-7-13-27/h3-4,6-9,12-15,17-20,31-34,45-47,52H,5,10-11,16,21-25H2,1-2H3,(H,40,51)(H,41,49)(H,42,44)(H,43,48)/t31?,32-,33?,34-,39?/m1/s1. The number of nitrogens with one attached hydrogen (secondary N) is 4. The fraction of sp³-hybridized carbons (Fsp3) is 0.410. The summed E-state index contributed by atoms with van der Waals surface area (Å²) in [7, 11) is 0.973. The van der Waals surface area contributed by atoms with Crippen LogP contribution in [0.4, 0.5) is 4.79 Å². The molecule has 0 spiro atoms. The highest BCUT2D eigenvalue weighted by Gasteiger charge is 2.43. The Morgan fingerprint density at radius 3 is 2.02 bits per heavy atom. The summed E-state index contributed by atoms with van der Waals surface area (Å²) >= 11 is 0. The maximum atomic E-state index is 12.7. The van der Waals surface area contributed by atoms with Gasteiger partial charge in [-0.3, -0.25) is 14.4 Å². The molecular weight excluding hydrogens is 700 g/mol. The van der Waals surface area contributed by atoms with Crippen molar-refractivity contribution in [3.05, 3.63) is 96.1 Å². The number of aliphatic hydroxyl groups is 4. The molecule has 0 saturated heterocycles. The van der Waals surface area contributed by atoms with Gasteiger partial charge in [0.15, 0.2) is 0 Å². The molecule has 3 unspecified atom stereocenters. The van der Waals surface area contributed by atoms with Gasteiger partial charge in [0.05, 0.1) is 31.5 Å². The van der Waals surface area contributed by atoms with E-state index in [1.165, 1.54) is 0 Å². The molecule has 15 heteroatoms. The second-order valence-electron chi connectivity index (χ2n) is 12.8. The van der Waals surface area contributed by atoms with Crippen LogP contribution in [-0.2, 0) is 30.5 Å².